The maximum absolute atomic E-state index is 14.9. The lowest BCUT2D eigenvalue weighted by Crippen LogP contribution is -2.23. The lowest BCUT2D eigenvalue weighted by Gasteiger charge is -2.28. The summed E-state index contributed by atoms with van der Waals surface area (Å²) in [5.74, 6) is 0.299. The van der Waals surface area contributed by atoms with Gasteiger partial charge in [-0.3, -0.25) is 10.1 Å². The average Bonchev–Trinajstić information content (AvgIpc) is 3.81. The van der Waals surface area contributed by atoms with Crippen LogP contribution < -0.4 is 5.32 Å². The lowest BCUT2D eigenvalue weighted by molar-refractivity contribution is 0.334. The van der Waals surface area contributed by atoms with Crippen molar-refractivity contribution in [2.75, 3.05) is 19.6 Å². The first-order chi connectivity index (χ1) is 23.0. The van der Waals surface area contributed by atoms with Crippen LogP contribution in [0, 0.1) is 11.7 Å². The second-order valence-electron chi connectivity index (χ2n) is 12.8. The fourth-order valence-corrected chi connectivity index (χ4v) is 6.78. The van der Waals surface area contributed by atoms with E-state index in [1.807, 2.05) is 37.4 Å². The SMILES string of the molecule is C=C/C(=C\C(=C/C)c1ccc2[nH]nc(-c3cc4c(-c5cc(F)cc(CCCN6CCCC6)c5)cncc4[nH]3)c2n1)NC(=C)C1CCC1. The van der Waals surface area contributed by atoms with E-state index in [-0.39, 0.29) is 5.82 Å². The van der Waals surface area contributed by atoms with Crippen LogP contribution in [0.4, 0.5) is 4.39 Å². The highest BCUT2D eigenvalue weighted by Crippen LogP contribution is 2.35. The molecule has 240 valence electrons. The minimum atomic E-state index is -0.225. The molecule has 7 nitrogen and oxygen atoms in total. The van der Waals surface area contributed by atoms with E-state index in [1.165, 1.54) is 45.2 Å². The molecule has 0 bridgehead atoms. The molecule has 1 aromatic carbocycles. The summed E-state index contributed by atoms with van der Waals surface area (Å²) in [5, 5.41) is 12.2. The minimum Gasteiger partial charge on any atom is -0.359 e. The van der Waals surface area contributed by atoms with Gasteiger partial charge in [-0.1, -0.05) is 31.7 Å². The number of aryl methyl sites for hydroxylation is 1. The topological polar surface area (TPSA) is 85.5 Å². The number of rotatable bonds is 12. The third-order valence-electron chi connectivity index (χ3n) is 9.66. The fourth-order valence-electron chi connectivity index (χ4n) is 6.78. The van der Waals surface area contributed by atoms with Gasteiger partial charge in [-0.2, -0.15) is 5.10 Å². The van der Waals surface area contributed by atoms with Crippen molar-refractivity contribution in [2.45, 2.75) is 51.9 Å². The van der Waals surface area contributed by atoms with Gasteiger partial charge in [0, 0.05) is 28.5 Å². The van der Waals surface area contributed by atoms with E-state index < -0.39 is 0 Å². The van der Waals surface area contributed by atoms with Crippen LogP contribution in [0.2, 0.25) is 0 Å². The zero-order valence-corrected chi connectivity index (χ0v) is 27.1. The highest BCUT2D eigenvalue weighted by atomic mass is 19.1. The maximum Gasteiger partial charge on any atom is 0.135 e. The molecule has 47 heavy (non-hydrogen) atoms. The number of nitrogens with zero attached hydrogens (tertiary/aromatic N) is 4. The monoisotopic (exact) mass is 627 g/mol. The number of halogens is 1. The quantitative estimate of drug-likeness (QED) is 0.121. The van der Waals surface area contributed by atoms with Crippen LogP contribution in [0.25, 0.3) is 50.0 Å². The number of fused-ring (bicyclic) bond motifs is 2. The number of hydrogen-bond acceptors (Lipinski definition) is 5. The highest BCUT2D eigenvalue weighted by Gasteiger charge is 2.21. The highest BCUT2D eigenvalue weighted by molar-refractivity contribution is 6.00. The van der Waals surface area contributed by atoms with Gasteiger partial charge in [0.25, 0.3) is 0 Å². The van der Waals surface area contributed by atoms with Gasteiger partial charge < -0.3 is 15.2 Å². The third kappa shape index (κ3) is 6.56. The maximum atomic E-state index is 14.9. The normalized spacial score (nSPS) is 16.2. The zero-order chi connectivity index (χ0) is 32.3. The molecule has 2 aliphatic rings. The van der Waals surface area contributed by atoms with Crippen molar-refractivity contribution in [2.24, 2.45) is 5.92 Å². The number of allylic oxidation sites excluding steroid dienone is 5. The Kier molecular flexibility index (Phi) is 8.85. The molecule has 3 N–H and O–H groups in total. The van der Waals surface area contributed by atoms with E-state index in [1.54, 1.807) is 18.3 Å². The summed E-state index contributed by atoms with van der Waals surface area (Å²) < 4.78 is 14.9. The van der Waals surface area contributed by atoms with Gasteiger partial charge in [-0.15, -0.1) is 0 Å². The summed E-state index contributed by atoms with van der Waals surface area (Å²) in [7, 11) is 0. The number of likely N-dealkylation sites (tertiary alicyclic amines) is 1. The summed E-state index contributed by atoms with van der Waals surface area (Å²) in [4.78, 5) is 15.6. The molecule has 5 aromatic rings. The Labute approximate surface area is 275 Å². The number of benzene rings is 1. The molecule has 1 aliphatic carbocycles. The molecule has 8 heteroatoms. The van der Waals surface area contributed by atoms with Crippen LogP contribution in [0.15, 0.2) is 91.6 Å². The summed E-state index contributed by atoms with van der Waals surface area (Å²) in [5.41, 5.74) is 10.4. The average molecular weight is 628 g/mol. The summed E-state index contributed by atoms with van der Waals surface area (Å²) >= 11 is 0. The Morgan fingerprint density at radius 2 is 1.94 bits per heavy atom. The van der Waals surface area contributed by atoms with Gasteiger partial charge >= 0.3 is 0 Å². The molecule has 0 spiro atoms. The Hall–Kier alpha value is -4.82. The number of nitrogens with one attached hydrogen (secondary N) is 3. The van der Waals surface area contributed by atoms with Crippen LogP contribution in [0.5, 0.6) is 0 Å². The van der Waals surface area contributed by atoms with Gasteiger partial charge in [-0.25, -0.2) is 9.37 Å². The molecule has 1 aliphatic heterocycles. The molecule has 4 aromatic heterocycles. The number of pyridine rings is 2. The second kappa shape index (κ2) is 13.5. The zero-order valence-electron chi connectivity index (χ0n) is 27.1. The molecule has 7 rings (SSSR count). The smallest absolute Gasteiger partial charge is 0.135 e. The Bertz CT molecular complexity index is 2000. The van der Waals surface area contributed by atoms with E-state index in [0.29, 0.717) is 11.6 Å². The van der Waals surface area contributed by atoms with Crippen LogP contribution >= 0.6 is 0 Å². The van der Waals surface area contributed by atoms with Crippen molar-refractivity contribution in [3.8, 4) is 22.5 Å². The minimum absolute atomic E-state index is 0.225. The van der Waals surface area contributed by atoms with E-state index in [2.05, 4.69) is 61.7 Å². The molecular weight excluding hydrogens is 585 g/mol. The molecular formula is C39H42FN7. The first-order valence-electron chi connectivity index (χ1n) is 16.8. The Balaban J connectivity index is 1.17. The van der Waals surface area contributed by atoms with Crippen LogP contribution in [0.1, 0.15) is 56.7 Å². The van der Waals surface area contributed by atoms with E-state index >= 15 is 0 Å². The standard InChI is InChI=1S/C39H42FN7/c1-4-27(21-31(5-2)42-25(3)28-11-8-12-28)34-13-14-35-38(44-34)39(46-45-35)36-22-32-33(23-41-24-37(32)43-36)29-18-26(19-30(40)20-29)10-9-17-47-15-6-7-16-47/h4-5,13-14,18-24,28,42-43H,2-3,6-12,15-17H2,1H3,(H,45,46)/b27-4+,31-21+. The Morgan fingerprint density at radius 3 is 2.70 bits per heavy atom. The van der Waals surface area contributed by atoms with Crippen LogP contribution in [-0.4, -0.2) is 49.7 Å². The van der Waals surface area contributed by atoms with Crippen LogP contribution in [0.3, 0.4) is 0 Å². The fraction of sp³-hybridized carbons (Fsp3) is 0.308. The number of aromatic amines is 2. The largest absolute Gasteiger partial charge is 0.359 e. The number of H-pyrrole nitrogens is 2. The first-order valence-corrected chi connectivity index (χ1v) is 16.8. The second-order valence-corrected chi connectivity index (χ2v) is 12.8. The van der Waals surface area contributed by atoms with Gasteiger partial charge in [0.1, 0.15) is 17.0 Å². The van der Waals surface area contributed by atoms with Crippen molar-refractivity contribution < 1.29 is 4.39 Å². The van der Waals surface area contributed by atoms with Crippen molar-refractivity contribution >= 4 is 27.5 Å². The van der Waals surface area contributed by atoms with Crippen LogP contribution in [-0.2, 0) is 6.42 Å². The van der Waals surface area contributed by atoms with Gasteiger partial charge in [0.2, 0.25) is 0 Å². The number of hydrogen-bond donors (Lipinski definition) is 3. The van der Waals surface area contributed by atoms with E-state index in [4.69, 9.17) is 4.98 Å². The van der Waals surface area contributed by atoms with Crippen molar-refractivity contribution in [1.82, 2.24) is 35.4 Å². The predicted molar refractivity (Wildman–Crippen MR) is 190 cm³/mol. The lowest BCUT2D eigenvalue weighted by atomic mass is 9.83. The molecule has 0 radical (unpaired) electrons. The predicted octanol–water partition coefficient (Wildman–Crippen LogP) is 8.71. The molecule has 5 heterocycles. The summed E-state index contributed by atoms with van der Waals surface area (Å²) in [6, 6.07) is 11.4. The molecule has 0 amide bonds. The van der Waals surface area contributed by atoms with E-state index in [9.17, 15) is 4.39 Å². The van der Waals surface area contributed by atoms with Gasteiger partial charge in [0.05, 0.1) is 28.6 Å². The molecule has 1 saturated carbocycles. The number of aromatic nitrogens is 5. The molecule has 1 saturated heterocycles. The van der Waals surface area contributed by atoms with Gasteiger partial charge in [0.15, 0.2) is 0 Å². The van der Waals surface area contributed by atoms with Crippen molar-refractivity contribution in [1.29, 1.82) is 0 Å². The summed E-state index contributed by atoms with van der Waals surface area (Å²) in [6.45, 7) is 13.7. The third-order valence-corrected chi connectivity index (χ3v) is 9.66. The summed E-state index contributed by atoms with van der Waals surface area (Å²) in [6.07, 6.45) is 17.6. The van der Waals surface area contributed by atoms with E-state index in [0.717, 1.165) is 86.4 Å². The molecule has 2 fully saturated rings. The Morgan fingerprint density at radius 1 is 1.09 bits per heavy atom. The first kappa shape index (κ1) is 30.8. The molecule has 0 atom stereocenters. The van der Waals surface area contributed by atoms with Gasteiger partial charge in [-0.05, 0) is 130 Å². The molecule has 0 unspecified atom stereocenters. The van der Waals surface area contributed by atoms with Crippen molar-refractivity contribution in [3.63, 3.8) is 0 Å². The van der Waals surface area contributed by atoms with Crippen molar-refractivity contribution in [3.05, 3.63) is 109 Å².